The number of ether oxygens (including phenoxy) is 1. The van der Waals surface area contributed by atoms with Crippen molar-refractivity contribution in [3.8, 4) is 5.75 Å². The van der Waals surface area contributed by atoms with Gasteiger partial charge in [0.25, 0.3) is 0 Å². The van der Waals surface area contributed by atoms with Crippen LogP contribution in [0.5, 0.6) is 5.75 Å². The minimum absolute atomic E-state index is 0.218. The molecule has 0 fully saturated rings. The van der Waals surface area contributed by atoms with Crippen molar-refractivity contribution in [1.82, 2.24) is 5.32 Å². The summed E-state index contributed by atoms with van der Waals surface area (Å²) in [6.45, 7) is 2.78. The number of methoxy groups -OCH3 is 1. The Bertz CT molecular complexity index is 569. The molecule has 0 aliphatic rings. The molecule has 0 amide bonds. The van der Waals surface area contributed by atoms with Gasteiger partial charge in [0.15, 0.2) is 0 Å². The van der Waals surface area contributed by atoms with E-state index in [1.807, 2.05) is 24.3 Å². The van der Waals surface area contributed by atoms with Crippen molar-refractivity contribution in [2.24, 2.45) is 0 Å². The molecule has 2 aromatic carbocycles. The number of halogens is 2. The van der Waals surface area contributed by atoms with E-state index in [1.54, 1.807) is 13.2 Å². The standard InChI is InChI=1S/C16H17Cl2NO/c1-11(12-6-8-14(20-2)9-7-12)19-10-13-4-3-5-15(17)16(13)18/h3-9,11,19H,10H2,1-2H3/t11-/m0/s1. The molecule has 0 aliphatic heterocycles. The maximum atomic E-state index is 6.17. The third-order valence-corrected chi connectivity index (χ3v) is 4.10. The van der Waals surface area contributed by atoms with Gasteiger partial charge < -0.3 is 10.1 Å². The monoisotopic (exact) mass is 309 g/mol. The molecule has 0 aliphatic carbocycles. The fourth-order valence-corrected chi connectivity index (χ4v) is 2.35. The molecule has 4 heteroatoms. The van der Waals surface area contributed by atoms with Crippen LogP contribution in [0.25, 0.3) is 0 Å². The highest BCUT2D eigenvalue weighted by Crippen LogP contribution is 2.26. The van der Waals surface area contributed by atoms with E-state index >= 15 is 0 Å². The summed E-state index contributed by atoms with van der Waals surface area (Å²) >= 11 is 12.2. The van der Waals surface area contributed by atoms with Crippen molar-refractivity contribution < 1.29 is 4.74 Å². The molecule has 0 unspecified atom stereocenters. The quantitative estimate of drug-likeness (QED) is 0.852. The number of hydrogen-bond donors (Lipinski definition) is 1. The van der Waals surface area contributed by atoms with Crippen LogP contribution in [0.2, 0.25) is 10.0 Å². The van der Waals surface area contributed by atoms with Crippen molar-refractivity contribution in [2.45, 2.75) is 19.5 Å². The molecule has 0 radical (unpaired) electrons. The number of benzene rings is 2. The molecule has 2 aromatic rings. The zero-order valence-electron chi connectivity index (χ0n) is 11.5. The van der Waals surface area contributed by atoms with Crippen LogP contribution < -0.4 is 10.1 Å². The van der Waals surface area contributed by atoms with Gasteiger partial charge >= 0.3 is 0 Å². The Kier molecular flexibility index (Phi) is 5.30. The normalized spacial score (nSPS) is 12.2. The molecule has 1 atom stereocenters. The van der Waals surface area contributed by atoms with Crippen LogP contribution >= 0.6 is 23.2 Å². The highest BCUT2D eigenvalue weighted by Gasteiger charge is 2.08. The van der Waals surface area contributed by atoms with E-state index in [-0.39, 0.29) is 6.04 Å². The summed E-state index contributed by atoms with van der Waals surface area (Å²) in [6, 6.07) is 13.9. The zero-order valence-corrected chi connectivity index (χ0v) is 13.0. The first-order valence-corrected chi connectivity index (χ1v) is 7.17. The molecule has 2 rings (SSSR count). The van der Waals surface area contributed by atoms with Crippen LogP contribution in [0.15, 0.2) is 42.5 Å². The van der Waals surface area contributed by atoms with Gasteiger partial charge in [0.05, 0.1) is 17.2 Å². The van der Waals surface area contributed by atoms with Crippen molar-refractivity contribution in [3.63, 3.8) is 0 Å². The maximum Gasteiger partial charge on any atom is 0.118 e. The van der Waals surface area contributed by atoms with E-state index < -0.39 is 0 Å². The second kappa shape index (κ2) is 6.98. The molecule has 106 valence electrons. The van der Waals surface area contributed by atoms with E-state index in [1.165, 1.54) is 5.56 Å². The molecule has 0 heterocycles. The Hall–Kier alpha value is -1.22. The zero-order chi connectivity index (χ0) is 14.5. The summed E-state index contributed by atoms with van der Waals surface area (Å²) in [7, 11) is 1.66. The van der Waals surface area contributed by atoms with Crippen molar-refractivity contribution in [2.75, 3.05) is 7.11 Å². The maximum absolute atomic E-state index is 6.17. The van der Waals surface area contributed by atoms with Gasteiger partial charge in [-0.3, -0.25) is 0 Å². The Morgan fingerprint density at radius 3 is 2.45 bits per heavy atom. The van der Waals surface area contributed by atoms with Gasteiger partial charge in [-0.05, 0) is 36.2 Å². The van der Waals surface area contributed by atoms with Gasteiger partial charge in [-0.25, -0.2) is 0 Å². The Labute approximate surface area is 129 Å². The third-order valence-electron chi connectivity index (χ3n) is 3.25. The van der Waals surface area contributed by atoms with Gasteiger partial charge in [0.2, 0.25) is 0 Å². The lowest BCUT2D eigenvalue weighted by Crippen LogP contribution is -2.18. The highest BCUT2D eigenvalue weighted by atomic mass is 35.5. The van der Waals surface area contributed by atoms with Crippen LogP contribution in [-0.4, -0.2) is 7.11 Å². The molecule has 0 saturated heterocycles. The average molecular weight is 310 g/mol. The van der Waals surface area contributed by atoms with Crippen LogP contribution in [-0.2, 0) is 6.54 Å². The SMILES string of the molecule is COc1ccc([C@H](C)NCc2cccc(Cl)c2Cl)cc1. The lowest BCUT2D eigenvalue weighted by atomic mass is 10.1. The first-order valence-electron chi connectivity index (χ1n) is 6.42. The predicted molar refractivity (Wildman–Crippen MR) is 84.7 cm³/mol. The molecule has 1 N–H and O–H groups in total. The van der Waals surface area contributed by atoms with E-state index in [0.29, 0.717) is 16.6 Å². The second-order valence-electron chi connectivity index (χ2n) is 4.59. The summed E-state index contributed by atoms with van der Waals surface area (Å²) in [5, 5.41) is 4.64. The largest absolute Gasteiger partial charge is 0.497 e. The highest BCUT2D eigenvalue weighted by molar-refractivity contribution is 6.42. The second-order valence-corrected chi connectivity index (χ2v) is 5.37. The van der Waals surface area contributed by atoms with E-state index in [2.05, 4.69) is 24.4 Å². The van der Waals surface area contributed by atoms with Gasteiger partial charge in [0.1, 0.15) is 5.75 Å². The van der Waals surface area contributed by atoms with Gasteiger partial charge in [-0.2, -0.15) is 0 Å². The summed E-state index contributed by atoms with van der Waals surface area (Å²) in [5.74, 6) is 0.860. The number of nitrogens with one attached hydrogen (secondary N) is 1. The molecular weight excluding hydrogens is 293 g/mol. The number of rotatable bonds is 5. The molecular formula is C16H17Cl2NO. The van der Waals surface area contributed by atoms with Gasteiger partial charge in [-0.15, -0.1) is 0 Å². The summed E-state index contributed by atoms with van der Waals surface area (Å²) in [6.07, 6.45) is 0. The summed E-state index contributed by atoms with van der Waals surface area (Å²) < 4.78 is 5.15. The predicted octanol–water partition coefficient (Wildman–Crippen LogP) is 4.85. The van der Waals surface area contributed by atoms with E-state index in [9.17, 15) is 0 Å². The minimum atomic E-state index is 0.218. The molecule has 20 heavy (non-hydrogen) atoms. The van der Waals surface area contributed by atoms with Crippen LogP contribution in [0.4, 0.5) is 0 Å². The van der Waals surface area contributed by atoms with Crippen LogP contribution in [0, 0.1) is 0 Å². The molecule has 0 spiro atoms. The molecule has 0 saturated carbocycles. The summed E-state index contributed by atoms with van der Waals surface area (Å²) in [5.41, 5.74) is 2.20. The fraction of sp³-hybridized carbons (Fsp3) is 0.250. The van der Waals surface area contributed by atoms with E-state index in [0.717, 1.165) is 11.3 Å². The van der Waals surface area contributed by atoms with Crippen LogP contribution in [0.3, 0.4) is 0 Å². The molecule has 0 aromatic heterocycles. The Morgan fingerprint density at radius 2 is 1.80 bits per heavy atom. The lowest BCUT2D eigenvalue weighted by Gasteiger charge is -2.15. The smallest absolute Gasteiger partial charge is 0.118 e. The first-order chi connectivity index (χ1) is 9.61. The lowest BCUT2D eigenvalue weighted by molar-refractivity contribution is 0.414. The minimum Gasteiger partial charge on any atom is -0.497 e. The molecule has 2 nitrogen and oxygen atoms in total. The van der Waals surface area contributed by atoms with Gasteiger partial charge in [0, 0.05) is 12.6 Å². The third kappa shape index (κ3) is 3.66. The van der Waals surface area contributed by atoms with Crippen molar-refractivity contribution >= 4 is 23.2 Å². The van der Waals surface area contributed by atoms with Gasteiger partial charge in [-0.1, -0.05) is 47.5 Å². The first kappa shape index (κ1) is 15.2. The topological polar surface area (TPSA) is 21.3 Å². The average Bonchev–Trinajstić information content (AvgIpc) is 2.48. The fourth-order valence-electron chi connectivity index (χ4n) is 1.96. The number of hydrogen-bond acceptors (Lipinski definition) is 2. The summed E-state index contributed by atoms with van der Waals surface area (Å²) in [4.78, 5) is 0. The van der Waals surface area contributed by atoms with Crippen molar-refractivity contribution in [3.05, 3.63) is 63.6 Å². The van der Waals surface area contributed by atoms with E-state index in [4.69, 9.17) is 27.9 Å². The Balaban J connectivity index is 2.00. The van der Waals surface area contributed by atoms with Crippen LogP contribution in [0.1, 0.15) is 24.1 Å². The molecule has 0 bridgehead atoms. The van der Waals surface area contributed by atoms with Crippen molar-refractivity contribution in [1.29, 1.82) is 0 Å². The Morgan fingerprint density at radius 1 is 1.10 bits per heavy atom.